The van der Waals surface area contributed by atoms with Gasteiger partial charge in [-0.05, 0) is 49.0 Å². The van der Waals surface area contributed by atoms with Gasteiger partial charge >= 0.3 is 0 Å². The van der Waals surface area contributed by atoms with E-state index < -0.39 is 5.82 Å². The summed E-state index contributed by atoms with van der Waals surface area (Å²) in [5, 5.41) is 10.8. The molecule has 10 heteroatoms. The molecule has 2 aromatic heterocycles. The zero-order valence-corrected chi connectivity index (χ0v) is 20.8. The number of anilines is 3. The number of likely N-dealkylation sites (N-methyl/N-ethyl adjacent to an activating group) is 1. The van der Waals surface area contributed by atoms with E-state index >= 15 is 0 Å². The summed E-state index contributed by atoms with van der Waals surface area (Å²) in [5.41, 5.74) is 3.52. The summed E-state index contributed by atoms with van der Waals surface area (Å²) in [6, 6.07) is 10.4. The van der Waals surface area contributed by atoms with Crippen LogP contribution >= 0.6 is 0 Å². The van der Waals surface area contributed by atoms with Crippen molar-refractivity contribution in [3.8, 4) is 17.0 Å². The first kappa shape index (κ1) is 24.4. The summed E-state index contributed by atoms with van der Waals surface area (Å²) < 4.78 is 20.6. The van der Waals surface area contributed by atoms with E-state index in [0.717, 1.165) is 43.3 Å². The van der Waals surface area contributed by atoms with E-state index in [-0.39, 0.29) is 23.7 Å². The fourth-order valence-corrected chi connectivity index (χ4v) is 4.42. The molecule has 4 aromatic rings. The van der Waals surface area contributed by atoms with E-state index in [9.17, 15) is 9.18 Å². The lowest BCUT2D eigenvalue weighted by Gasteiger charge is -2.34. The average Bonchev–Trinajstić information content (AvgIpc) is 3.38. The van der Waals surface area contributed by atoms with Gasteiger partial charge in [-0.3, -0.25) is 9.89 Å². The molecule has 1 aliphatic heterocycles. The highest BCUT2D eigenvalue weighted by Crippen LogP contribution is 2.34. The molecule has 5 rings (SSSR count). The number of aromatic amines is 1. The molecule has 0 saturated carbocycles. The topological polar surface area (TPSA) is 99.3 Å². The van der Waals surface area contributed by atoms with Gasteiger partial charge < -0.3 is 19.9 Å². The summed E-state index contributed by atoms with van der Waals surface area (Å²) >= 11 is 0. The van der Waals surface area contributed by atoms with Gasteiger partial charge in [0.25, 0.3) is 0 Å². The van der Waals surface area contributed by atoms with Gasteiger partial charge in [0, 0.05) is 43.9 Å². The highest BCUT2D eigenvalue weighted by atomic mass is 19.1. The Labute approximate surface area is 214 Å². The van der Waals surface area contributed by atoms with E-state index in [1.807, 2.05) is 18.2 Å². The Balaban J connectivity index is 1.51. The summed E-state index contributed by atoms with van der Waals surface area (Å²) in [4.78, 5) is 25.7. The molecule has 9 nitrogen and oxygen atoms in total. The third kappa shape index (κ3) is 5.14. The van der Waals surface area contributed by atoms with Crippen molar-refractivity contribution in [3.05, 3.63) is 66.6 Å². The van der Waals surface area contributed by atoms with Gasteiger partial charge in [-0.2, -0.15) is 10.1 Å². The van der Waals surface area contributed by atoms with Gasteiger partial charge in [0.15, 0.2) is 11.4 Å². The molecule has 0 atom stereocenters. The third-order valence-electron chi connectivity index (χ3n) is 6.48. The molecule has 0 bridgehead atoms. The lowest BCUT2D eigenvalue weighted by molar-refractivity contribution is -0.114. The van der Waals surface area contributed by atoms with Crippen LogP contribution in [0.2, 0.25) is 0 Å². The second-order valence-electron chi connectivity index (χ2n) is 8.99. The molecule has 0 unspecified atom stereocenters. The Kier molecular flexibility index (Phi) is 6.82. The molecule has 0 amide bonds. The Morgan fingerprint density at radius 1 is 1.19 bits per heavy atom. The molecule has 2 aromatic carbocycles. The number of hydrogen-bond acceptors (Lipinski definition) is 8. The molecule has 1 fully saturated rings. The molecule has 190 valence electrons. The van der Waals surface area contributed by atoms with Crippen LogP contribution in [-0.4, -0.2) is 71.2 Å². The van der Waals surface area contributed by atoms with Gasteiger partial charge in [-0.25, -0.2) is 9.37 Å². The molecule has 0 aliphatic carbocycles. The minimum absolute atomic E-state index is 0.127. The lowest BCUT2D eigenvalue weighted by atomic mass is 10.0. The number of carbonyl (C=O) groups excluding carboxylic acids is 1. The first-order chi connectivity index (χ1) is 17.9. The number of halogens is 1. The number of carbonyl (C=O) groups is 1. The molecule has 2 N–H and O–H groups in total. The summed E-state index contributed by atoms with van der Waals surface area (Å²) in [6.45, 7) is 7.22. The van der Waals surface area contributed by atoms with Gasteiger partial charge in [-0.1, -0.05) is 12.6 Å². The van der Waals surface area contributed by atoms with E-state index in [2.05, 4.69) is 48.9 Å². The second kappa shape index (κ2) is 10.4. The molecule has 1 aliphatic rings. The number of nitrogens with zero attached hydrogens (tertiary/aromatic N) is 5. The maximum absolute atomic E-state index is 15.0. The SMILES string of the molecule is C=CC(=O)Cc1ccc(F)c(-c2nc(Nc3ccc(OC)c(N4CCN(C)CC4)c3)nc3[nH]ncc23)c1. The molecule has 0 radical (unpaired) electrons. The minimum atomic E-state index is -0.455. The van der Waals surface area contributed by atoms with Gasteiger partial charge in [0.05, 0.1) is 30.1 Å². The number of methoxy groups -OCH3 is 1. The van der Waals surface area contributed by atoms with Crippen LogP contribution in [0.1, 0.15) is 5.56 Å². The van der Waals surface area contributed by atoms with Crippen LogP contribution in [0.4, 0.5) is 21.7 Å². The molecular formula is C27H28FN7O2. The zero-order valence-electron chi connectivity index (χ0n) is 20.8. The predicted molar refractivity (Wildman–Crippen MR) is 142 cm³/mol. The Morgan fingerprint density at radius 3 is 2.76 bits per heavy atom. The van der Waals surface area contributed by atoms with E-state index in [1.165, 1.54) is 12.1 Å². The van der Waals surface area contributed by atoms with E-state index in [4.69, 9.17) is 4.74 Å². The average molecular weight is 502 g/mol. The Hall–Kier alpha value is -4.31. The Morgan fingerprint density at radius 2 is 2.00 bits per heavy atom. The number of hydrogen-bond donors (Lipinski definition) is 2. The van der Waals surface area contributed by atoms with Crippen LogP contribution in [0.15, 0.2) is 55.3 Å². The van der Waals surface area contributed by atoms with Gasteiger partial charge in [-0.15, -0.1) is 0 Å². The number of H-pyrrole nitrogens is 1. The number of allylic oxidation sites excluding steroid dienone is 1. The summed E-state index contributed by atoms with van der Waals surface area (Å²) in [6.07, 6.45) is 2.95. The second-order valence-corrected chi connectivity index (χ2v) is 8.99. The fourth-order valence-electron chi connectivity index (χ4n) is 4.42. The van der Waals surface area contributed by atoms with Gasteiger partial charge in [0.1, 0.15) is 11.6 Å². The lowest BCUT2D eigenvalue weighted by Crippen LogP contribution is -2.44. The summed E-state index contributed by atoms with van der Waals surface area (Å²) in [7, 11) is 3.78. The van der Waals surface area contributed by atoms with Crippen molar-refractivity contribution in [2.75, 3.05) is 50.6 Å². The standard InChI is InChI=1S/C27H28FN7O2/c1-4-19(36)13-17-5-7-22(28)20(14-17)25-21-16-29-33-26(21)32-27(31-25)30-18-6-8-24(37-3)23(15-18)35-11-9-34(2)10-12-35/h4-8,14-16H,1,9-13H2,2-3H3,(H2,29,30,31,32,33). The quantitative estimate of drug-likeness (QED) is 0.350. The zero-order chi connectivity index (χ0) is 25.9. The van der Waals surface area contributed by atoms with Crippen molar-refractivity contribution < 1.29 is 13.9 Å². The molecule has 1 saturated heterocycles. The van der Waals surface area contributed by atoms with E-state index in [0.29, 0.717) is 22.3 Å². The van der Waals surface area contributed by atoms with Crippen LogP contribution in [-0.2, 0) is 11.2 Å². The molecule has 0 spiro atoms. The maximum Gasteiger partial charge on any atom is 0.229 e. The molecule has 37 heavy (non-hydrogen) atoms. The third-order valence-corrected chi connectivity index (χ3v) is 6.48. The number of ketones is 1. The van der Waals surface area contributed by atoms with Crippen molar-refractivity contribution >= 4 is 34.1 Å². The molecule has 3 heterocycles. The van der Waals surface area contributed by atoms with E-state index in [1.54, 1.807) is 25.4 Å². The van der Waals surface area contributed by atoms with Crippen molar-refractivity contribution in [1.82, 2.24) is 25.1 Å². The summed E-state index contributed by atoms with van der Waals surface area (Å²) in [5.74, 6) is 0.470. The monoisotopic (exact) mass is 501 g/mol. The predicted octanol–water partition coefficient (Wildman–Crippen LogP) is 3.96. The number of fused-ring (bicyclic) bond motifs is 1. The highest BCUT2D eigenvalue weighted by molar-refractivity contribution is 5.93. The van der Waals surface area contributed by atoms with Crippen molar-refractivity contribution in [3.63, 3.8) is 0 Å². The smallest absolute Gasteiger partial charge is 0.229 e. The first-order valence-corrected chi connectivity index (χ1v) is 12.0. The van der Waals surface area contributed by atoms with Gasteiger partial charge in [0.2, 0.25) is 5.95 Å². The van der Waals surface area contributed by atoms with Crippen LogP contribution < -0.4 is 15.0 Å². The van der Waals surface area contributed by atoms with Crippen molar-refractivity contribution in [2.45, 2.75) is 6.42 Å². The number of nitrogens with one attached hydrogen (secondary N) is 2. The number of benzene rings is 2. The fraction of sp³-hybridized carbons (Fsp3) is 0.259. The van der Waals surface area contributed by atoms with Crippen LogP contribution in [0.25, 0.3) is 22.3 Å². The Bertz CT molecular complexity index is 1460. The van der Waals surface area contributed by atoms with Crippen LogP contribution in [0.5, 0.6) is 5.75 Å². The van der Waals surface area contributed by atoms with Crippen molar-refractivity contribution in [2.24, 2.45) is 0 Å². The number of piperazine rings is 1. The highest BCUT2D eigenvalue weighted by Gasteiger charge is 2.20. The van der Waals surface area contributed by atoms with Crippen molar-refractivity contribution in [1.29, 1.82) is 0 Å². The molecular weight excluding hydrogens is 473 g/mol. The number of ether oxygens (including phenoxy) is 1. The maximum atomic E-state index is 15.0. The largest absolute Gasteiger partial charge is 0.495 e. The first-order valence-electron chi connectivity index (χ1n) is 12.0. The number of aromatic nitrogens is 4. The number of rotatable bonds is 8. The van der Waals surface area contributed by atoms with Crippen LogP contribution in [0.3, 0.4) is 0 Å². The minimum Gasteiger partial charge on any atom is -0.495 e. The normalized spacial score (nSPS) is 14.1. The van der Waals surface area contributed by atoms with Crippen LogP contribution in [0, 0.1) is 5.82 Å².